The molecule has 5 rings (SSSR count). The number of esters is 1. The maximum Gasteiger partial charge on any atom is 0.341 e. The quantitative estimate of drug-likeness (QED) is 0.325. The zero-order valence-corrected chi connectivity index (χ0v) is 19.6. The number of methoxy groups -OCH3 is 1. The highest BCUT2D eigenvalue weighted by atomic mass is 16.5. The van der Waals surface area contributed by atoms with E-state index in [-0.39, 0.29) is 18.6 Å². The van der Waals surface area contributed by atoms with Crippen LogP contribution < -0.4 is 4.74 Å². The predicted octanol–water partition coefficient (Wildman–Crippen LogP) is 4.47. The number of fused-ring (bicyclic) bond motifs is 1. The van der Waals surface area contributed by atoms with Crippen molar-refractivity contribution in [2.75, 3.05) is 13.7 Å². The lowest BCUT2D eigenvalue weighted by Crippen LogP contribution is -2.11. The molecule has 0 radical (unpaired) electrons. The molecule has 3 aromatic heterocycles. The highest BCUT2D eigenvalue weighted by Gasteiger charge is 2.20. The van der Waals surface area contributed by atoms with Gasteiger partial charge in [-0.05, 0) is 36.6 Å². The van der Waals surface area contributed by atoms with E-state index in [0.717, 1.165) is 16.7 Å². The lowest BCUT2D eigenvalue weighted by Gasteiger charge is -2.16. The van der Waals surface area contributed by atoms with E-state index in [1.54, 1.807) is 20.2 Å². The van der Waals surface area contributed by atoms with Gasteiger partial charge in [0.05, 0.1) is 37.7 Å². The van der Waals surface area contributed by atoms with Crippen LogP contribution in [0.3, 0.4) is 0 Å². The van der Waals surface area contributed by atoms with E-state index in [1.807, 2.05) is 28.9 Å². The number of nitrogens with zero attached hydrogens (tertiary/aromatic N) is 6. The molecule has 9 heteroatoms. The van der Waals surface area contributed by atoms with E-state index in [9.17, 15) is 4.79 Å². The zero-order chi connectivity index (χ0) is 24.4. The number of ether oxygens (including phenoxy) is 2. The van der Waals surface area contributed by atoms with Crippen LogP contribution in [-0.4, -0.2) is 49.2 Å². The predicted molar refractivity (Wildman–Crippen MR) is 131 cm³/mol. The van der Waals surface area contributed by atoms with Gasteiger partial charge >= 0.3 is 5.97 Å². The molecule has 0 aliphatic rings. The first-order valence-electron chi connectivity index (χ1n) is 11.3. The SMILES string of the molecule is CCOC(=O)c1cnn(-c2nc(OC)c3c(cnn3[C@@H](C)c3cccc(-c4ccccc4)c3)n2)c1. The van der Waals surface area contributed by atoms with Gasteiger partial charge in [-0.2, -0.15) is 15.2 Å². The Kier molecular flexibility index (Phi) is 5.97. The van der Waals surface area contributed by atoms with Crippen molar-refractivity contribution in [3.8, 4) is 23.0 Å². The molecule has 0 bridgehead atoms. The molecule has 0 spiro atoms. The summed E-state index contributed by atoms with van der Waals surface area (Å²) in [5.74, 6) is 0.177. The maximum absolute atomic E-state index is 12.0. The molecule has 9 nitrogen and oxygen atoms in total. The second-order valence-corrected chi connectivity index (χ2v) is 7.92. The smallest absolute Gasteiger partial charge is 0.341 e. The van der Waals surface area contributed by atoms with Crippen LogP contribution in [0.1, 0.15) is 35.8 Å². The highest BCUT2D eigenvalue weighted by molar-refractivity contribution is 5.88. The Hall–Kier alpha value is -4.53. The van der Waals surface area contributed by atoms with Gasteiger partial charge in [0.2, 0.25) is 5.88 Å². The Labute approximate surface area is 202 Å². The fourth-order valence-corrected chi connectivity index (χ4v) is 3.96. The van der Waals surface area contributed by atoms with Crippen LogP contribution in [0.2, 0.25) is 0 Å². The largest absolute Gasteiger partial charge is 0.479 e. The molecule has 0 fully saturated rings. The minimum absolute atomic E-state index is 0.0976. The zero-order valence-electron chi connectivity index (χ0n) is 19.6. The third-order valence-corrected chi connectivity index (χ3v) is 5.74. The lowest BCUT2D eigenvalue weighted by molar-refractivity contribution is 0.0526. The fourth-order valence-electron chi connectivity index (χ4n) is 3.96. The standard InChI is InChI=1S/C26H24N6O3/c1-4-35-25(33)21-14-27-31(16-21)26-29-22-15-28-32(23(22)24(30-26)34-3)17(2)19-11-8-12-20(13-19)18-9-6-5-7-10-18/h5-17H,4H2,1-3H3/t17-/m0/s1. The number of hydrogen-bond donors (Lipinski definition) is 0. The third kappa shape index (κ3) is 4.23. The molecule has 5 aromatic rings. The molecule has 35 heavy (non-hydrogen) atoms. The van der Waals surface area contributed by atoms with Gasteiger partial charge in [0.15, 0.2) is 0 Å². The Morgan fingerprint density at radius 2 is 1.80 bits per heavy atom. The van der Waals surface area contributed by atoms with E-state index in [4.69, 9.17) is 9.47 Å². The molecule has 0 saturated heterocycles. The second-order valence-electron chi connectivity index (χ2n) is 7.92. The summed E-state index contributed by atoms with van der Waals surface area (Å²) in [6, 6.07) is 18.5. The van der Waals surface area contributed by atoms with E-state index in [2.05, 4.69) is 57.4 Å². The number of hydrogen-bond acceptors (Lipinski definition) is 7. The normalized spacial score (nSPS) is 12.0. The van der Waals surface area contributed by atoms with E-state index in [1.165, 1.54) is 17.1 Å². The first-order valence-corrected chi connectivity index (χ1v) is 11.3. The van der Waals surface area contributed by atoms with Crippen LogP contribution in [-0.2, 0) is 4.74 Å². The molecule has 2 aromatic carbocycles. The van der Waals surface area contributed by atoms with Crippen molar-refractivity contribution in [2.24, 2.45) is 0 Å². The maximum atomic E-state index is 12.0. The number of rotatable bonds is 7. The average Bonchev–Trinajstić information content (AvgIpc) is 3.56. The molecule has 0 saturated carbocycles. The summed E-state index contributed by atoms with van der Waals surface area (Å²) in [6.07, 6.45) is 4.63. The molecule has 0 N–H and O–H groups in total. The summed E-state index contributed by atoms with van der Waals surface area (Å²) in [4.78, 5) is 21.1. The van der Waals surface area contributed by atoms with Gasteiger partial charge in [0, 0.05) is 6.20 Å². The highest BCUT2D eigenvalue weighted by Crippen LogP contribution is 2.30. The first-order chi connectivity index (χ1) is 17.1. The topological polar surface area (TPSA) is 97.0 Å². The second kappa shape index (κ2) is 9.38. The van der Waals surface area contributed by atoms with Crippen molar-refractivity contribution in [1.29, 1.82) is 0 Å². The summed E-state index contributed by atoms with van der Waals surface area (Å²) in [6.45, 7) is 4.11. The van der Waals surface area contributed by atoms with Crippen molar-refractivity contribution >= 4 is 17.0 Å². The average molecular weight is 469 g/mol. The molecule has 0 aliphatic heterocycles. The monoisotopic (exact) mass is 468 g/mol. The number of carbonyl (C=O) groups is 1. The Bertz CT molecular complexity index is 1490. The van der Waals surface area contributed by atoms with Gasteiger partial charge in [-0.3, -0.25) is 4.68 Å². The van der Waals surface area contributed by atoms with Crippen LogP contribution in [0.25, 0.3) is 28.1 Å². The van der Waals surface area contributed by atoms with Gasteiger partial charge in [-0.15, -0.1) is 0 Å². The van der Waals surface area contributed by atoms with Crippen LogP contribution >= 0.6 is 0 Å². The lowest BCUT2D eigenvalue weighted by atomic mass is 10.0. The van der Waals surface area contributed by atoms with E-state index < -0.39 is 5.97 Å². The summed E-state index contributed by atoms with van der Waals surface area (Å²) < 4.78 is 13.9. The van der Waals surface area contributed by atoms with Crippen LogP contribution in [0, 0.1) is 0 Å². The number of carbonyl (C=O) groups excluding carboxylic acids is 1. The Morgan fingerprint density at radius 3 is 2.57 bits per heavy atom. The molecule has 1 atom stereocenters. The van der Waals surface area contributed by atoms with Crippen LogP contribution in [0.5, 0.6) is 5.88 Å². The van der Waals surface area contributed by atoms with Crippen molar-refractivity contribution in [3.63, 3.8) is 0 Å². The summed E-state index contributed by atoms with van der Waals surface area (Å²) >= 11 is 0. The molecule has 0 aliphatic carbocycles. The minimum atomic E-state index is -0.453. The fraction of sp³-hybridized carbons (Fsp3) is 0.192. The number of benzene rings is 2. The summed E-state index contributed by atoms with van der Waals surface area (Å²) in [7, 11) is 1.55. The van der Waals surface area contributed by atoms with Crippen molar-refractivity contribution in [2.45, 2.75) is 19.9 Å². The van der Waals surface area contributed by atoms with Gasteiger partial charge in [0.1, 0.15) is 11.0 Å². The summed E-state index contributed by atoms with van der Waals surface area (Å²) in [5.41, 5.74) is 4.97. The molecule has 0 amide bonds. The van der Waals surface area contributed by atoms with Gasteiger partial charge in [0.25, 0.3) is 5.95 Å². The molecule has 0 unspecified atom stereocenters. The minimum Gasteiger partial charge on any atom is -0.479 e. The van der Waals surface area contributed by atoms with Gasteiger partial charge in [-0.1, -0.05) is 48.5 Å². The molecular weight excluding hydrogens is 444 g/mol. The third-order valence-electron chi connectivity index (χ3n) is 5.74. The van der Waals surface area contributed by atoms with Crippen molar-refractivity contribution in [3.05, 3.63) is 84.3 Å². The number of aromatic nitrogens is 6. The van der Waals surface area contributed by atoms with Gasteiger partial charge < -0.3 is 9.47 Å². The van der Waals surface area contributed by atoms with Gasteiger partial charge in [-0.25, -0.2) is 14.5 Å². The Morgan fingerprint density at radius 1 is 1.00 bits per heavy atom. The van der Waals surface area contributed by atoms with Crippen LogP contribution in [0.15, 0.2) is 73.2 Å². The van der Waals surface area contributed by atoms with E-state index >= 15 is 0 Å². The molecular formula is C26H24N6O3. The Balaban J connectivity index is 1.52. The molecule has 3 heterocycles. The molecule has 176 valence electrons. The van der Waals surface area contributed by atoms with Crippen molar-refractivity contribution < 1.29 is 14.3 Å². The summed E-state index contributed by atoms with van der Waals surface area (Å²) in [5, 5.41) is 8.81. The first kappa shape index (κ1) is 22.3. The van der Waals surface area contributed by atoms with Crippen LogP contribution in [0.4, 0.5) is 0 Å². The van der Waals surface area contributed by atoms with Crippen molar-refractivity contribution in [1.82, 2.24) is 29.5 Å². The van der Waals surface area contributed by atoms with E-state index in [0.29, 0.717) is 22.5 Å².